The van der Waals surface area contributed by atoms with Gasteiger partial charge in [0.15, 0.2) is 0 Å². The highest BCUT2D eigenvalue weighted by Gasteiger charge is 2.48. The number of hydrogen-bond donors (Lipinski definition) is 3. The maximum atomic E-state index is 14.1. The average Bonchev–Trinajstić information content (AvgIpc) is 0.791. The fraction of sp³-hybridized carbons (Fsp3) is 0.560. The Labute approximate surface area is 589 Å². The third-order valence-corrected chi connectivity index (χ3v) is 16.5. The van der Waals surface area contributed by atoms with Crippen LogP contribution < -0.4 is 15.5 Å². The molecule has 0 saturated carbocycles. The molecule has 0 bridgehead atoms. The molecule has 0 radical (unpaired) electrons. The van der Waals surface area contributed by atoms with Crippen molar-refractivity contribution in [3.05, 3.63) is 131 Å². The van der Waals surface area contributed by atoms with E-state index in [0.29, 0.717) is 78.4 Å². The molecule has 4 N–H and O–H groups in total. The van der Waals surface area contributed by atoms with E-state index in [2.05, 4.69) is 14.5 Å². The van der Waals surface area contributed by atoms with Crippen LogP contribution in [0.3, 0.4) is 0 Å². The highest BCUT2D eigenvalue weighted by molar-refractivity contribution is 5.89. The SMILES string of the molecule is CC(=O)C[C@@H](Cc1cccc(N2CCN(C(=O)OC(C)(C)C)CC2)c1)[C@H](O)[C@H]1C(=O)N(Cc2ccccc2)CCN1C(=O)OC(C)(C)C.CC(=O)OC(C)=O.CC(C)(C)OC(=O)N1CCN(c2cccc(C[C@H](N)[C@H](O)[C@H]3C(=O)N(Cc4ccccc4)CCN3C(=O)OC(C)(C)C)c2)CC1. The van der Waals surface area contributed by atoms with Crippen LogP contribution in [0.15, 0.2) is 109 Å². The van der Waals surface area contributed by atoms with Crippen molar-refractivity contribution in [3.63, 3.8) is 0 Å². The highest BCUT2D eigenvalue weighted by Crippen LogP contribution is 2.31. The van der Waals surface area contributed by atoms with Crippen molar-refractivity contribution in [2.24, 2.45) is 11.7 Å². The van der Waals surface area contributed by atoms with Gasteiger partial charge in [0, 0.05) is 129 Å². The lowest BCUT2D eigenvalue weighted by atomic mass is 9.84. The summed E-state index contributed by atoms with van der Waals surface area (Å²) in [6, 6.07) is 31.8. The monoisotopic (exact) mass is 1390 g/mol. The minimum absolute atomic E-state index is 0.0323. The summed E-state index contributed by atoms with van der Waals surface area (Å²) in [7, 11) is 0. The Hall–Kier alpha value is -8.81. The van der Waals surface area contributed by atoms with E-state index in [1.54, 1.807) is 61.1 Å². The Balaban J connectivity index is 0.000000288. The molecule has 4 saturated heterocycles. The van der Waals surface area contributed by atoms with Gasteiger partial charge in [-0.1, -0.05) is 84.9 Å². The largest absolute Gasteiger partial charge is 0.444 e. The highest BCUT2D eigenvalue weighted by atomic mass is 16.6. The van der Waals surface area contributed by atoms with Crippen LogP contribution in [0.5, 0.6) is 0 Å². The first-order chi connectivity index (χ1) is 46.7. The molecule has 0 aromatic heterocycles. The molecule has 0 aliphatic carbocycles. The Morgan fingerprint density at radius 1 is 0.440 bits per heavy atom. The molecule has 548 valence electrons. The molecule has 6 amide bonds. The third kappa shape index (κ3) is 25.4. The minimum Gasteiger partial charge on any atom is -0.444 e. The summed E-state index contributed by atoms with van der Waals surface area (Å²) in [6.45, 7) is 31.9. The summed E-state index contributed by atoms with van der Waals surface area (Å²) in [5, 5.41) is 23.6. The number of aliphatic hydroxyl groups excluding tert-OH is 2. The van der Waals surface area contributed by atoms with E-state index in [0.717, 1.165) is 33.6 Å². The van der Waals surface area contributed by atoms with Gasteiger partial charge in [-0.3, -0.25) is 29.0 Å². The first kappa shape index (κ1) is 80.2. The molecule has 4 aliphatic rings. The van der Waals surface area contributed by atoms with E-state index in [-0.39, 0.29) is 62.3 Å². The second-order valence-electron chi connectivity index (χ2n) is 29.8. The topological polar surface area (TPSA) is 292 Å². The van der Waals surface area contributed by atoms with Crippen LogP contribution in [-0.4, -0.2) is 225 Å². The molecular weight excluding hydrogens is 1280 g/mol. The van der Waals surface area contributed by atoms with Crippen LogP contribution in [0, 0.1) is 5.92 Å². The molecule has 0 spiro atoms. The van der Waals surface area contributed by atoms with E-state index >= 15 is 0 Å². The molecule has 100 heavy (non-hydrogen) atoms. The van der Waals surface area contributed by atoms with E-state index in [4.69, 9.17) is 24.7 Å². The quantitative estimate of drug-likeness (QED) is 0.0537. The van der Waals surface area contributed by atoms with Gasteiger partial charge in [0.25, 0.3) is 0 Å². The maximum Gasteiger partial charge on any atom is 0.411 e. The van der Waals surface area contributed by atoms with Crippen LogP contribution in [-0.2, 0) is 73.6 Å². The summed E-state index contributed by atoms with van der Waals surface area (Å²) in [5.41, 5.74) is 9.54. The van der Waals surface area contributed by atoms with E-state index in [9.17, 15) is 53.4 Å². The number of hydrogen-bond acceptors (Lipinski definition) is 19. The number of anilines is 2. The van der Waals surface area contributed by atoms with Crippen molar-refractivity contribution in [2.45, 2.75) is 189 Å². The number of aliphatic hydroxyl groups is 2. The molecule has 4 aliphatic heterocycles. The number of nitrogens with zero attached hydrogens (tertiary/aromatic N) is 8. The predicted molar refractivity (Wildman–Crippen MR) is 379 cm³/mol. The van der Waals surface area contributed by atoms with E-state index in [1.165, 1.54) is 30.6 Å². The lowest BCUT2D eigenvalue weighted by molar-refractivity contribution is -0.156. The van der Waals surface area contributed by atoms with Crippen molar-refractivity contribution < 1.29 is 77.0 Å². The van der Waals surface area contributed by atoms with Crippen LogP contribution >= 0.6 is 0 Å². The van der Waals surface area contributed by atoms with E-state index in [1.807, 2.05) is 151 Å². The summed E-state index contributed by atoms with van der Waals surface area (Å²) >= 11 is 0. The van der Waals surface area contributed by atoms with Crippen molar-refractivity contribution in [3.8, 4) is 0 Å². The molecule has 25 nitrogen and oxygen atoms in total. The molecule has 8 rings (SSSR count). The zero-order valence-electron chi connectivity index (χ0n) is 61.1. The third-order valence-electron chi connectivity index (χ3n) is 16.5. The van der Waals surface area contributed by atoms with Gasteiger partial charge in [0.2, 0.25) is 11.8 Å². The number of ether oxygens (including phenoxy) is 5. The number of carbonyl (C=O) groups is 9. The van der Waals surface area contributed by atoms with Crippen molar-refractivity contribution in [1.82, 2.24) is 29.4 Å². The molecular formula is C75H107N9O16. The van der Waals surface area contributed by atoms with Gasteiger partial charge in [-0.15, -0.1) is 0 Å². The van der Waals surface area contributed by atoms with Crippen LogP contribution in [0.4, 0.5) is 30.6 Å². The number of esters is 2. The number of ketones is 1. The van der Waals surface area contributed by atoms with Gasteiger partial charge in [-0.2, -0.15) is 0 Å². The molecule has 0 unspecified atom stereocenters. The Morgan fingerprint density at radius 3 is 1.12 bits per heavy atom. The standard InChI is InChI=1S/C37H52N4O7.C34H49N5O6.C4H6O3/c1-26(42)22-29(23-28-14-11-15-30(24-28)38-16-18-39(19-17-38)34(45)47-36(2,3)4)32(43)31-33(44)40(25-27-12-9-8-10-13-27)20-21-41(31)35(46)48-37(5,6)7;1-33(2,3)44-31(42)37-17-15-36(16-18-37)26-14-10-13-25(21-26)22-27(35)29(40)28-30(41)38(23-24-11-8-7-9-12-24)19-20-39(28)32(43)45-34(4,5)6;1-3(5)7-4(2)6/h8-15,24,29,31-32,43H,16-23,25H2,1-7H3;7-14,21,27-29,40H,15-20,22-23,35H2,1-6H3;1-2H3/t29-,31-,32-;27-,28-,29-;/m00./s1. The Kier molecular flexibility index (Phi) is 28.4. The minimum atomic E-state index is -1.33. The Bertz CT molecular complexity index is 3390. The molecule has 6 atom stereocenters. The van der Waals surface area contributed by atoms with Gasteiger partial charge in [-0.05, 0) is 155 Å². The molecule has 4 aromatic carbocycles. The predicted octanol–water partition coefficient (Wildman–Crippen LogP) is 8.61. The number of Topliss-reactive ketones (excluding diaryl/α,β-unsaturated/α-hetero) is 1. The number of amides is 6. The molecule has 4 heterocycles. The maximum absolute atomic E-state index is 14.1. The van der Waals surface area contributed by atoms with Crippen molar-refractivity contribution >= 4 is 65.3 Å². The molecule has 4 aromatic rings. The van der Waals surface area contributed by atoms with Gasteiger partial charge in [0.05, 0.1) is 12.2 Å². The van der Waals surface area contributed by atoms with Gasteiger partial charge < -0.3 is 73.8 Å². The summed E-state index contributed by atoms with van der Waals surface area (Å²) < 4.78 is 26.3. The van der Waals surface area contributed by atoms with Gasteiger partial charge >= 0.3 is 36.3 Å². The molecule has 25 heteroatoms. The second kappa shape index (κ2) is 35.5. The van der Waals surface area contributed by atoms with Crippen molar-refractivity contribution in [2.75, 3.05) is 88.3 Å². The number of carbonyl (C=O) groups excluding carboxylic acids is 9. The smallest absolute Gasteiger partial charge is 0.411 e. The fourth-order valence-electron chi connectivity index (χ4n) is 12.0. The van der Waals surface area contributed by atoms with Gasteiger partial charge in [-0.25, -0.2) is 19.2 Å². The fourth-order valence-corrected chi connectivity index (χ4v) is 12.0. The lowest BCUT2D eigenvalue weighted by Crippen LogP contribution is -2.65. The first-order valence-corrected chi connectivity index (χ1v) is 34.3. The van der Waals surface area contributed by atoms with Crippen LogP contribution in [0.2, 0.25) is 0 Å². The number of piperazine rings is 4. The lowest BCUT2D eigenvalue weighted by Gasteiger charge is -2.44. The summed E-state index contributed by atoms with van der Waals surface area (Å²) in [5.74, 6) is -2.64. The molecule has 4 fully saturated rings. The van der Waals surface area contributed by atoms with Crippen LogP contribution in [0.25, 0.3) is 0 Å². The summed E-state index contributed by atoms with van der Waals surface area (Å²) in [6.07, 6.45) is -3.97. The van der Waals surface area contributed by atoms with Crippen molar-refractivity contribution in [1.29, 1.82) is 0 Å². The number of nitrogens with two attached hydrogens (primary N) is 1. The van der Waals surface area contributed by atoms with E-state index < -0.39 is 82.8 Å². The number of rotatable bonds is 16. The van der Waals surface area contributed by atoms with Gasteiger partial charge in [0.1, 0.15) is 40.3 Å². The summed E-state index contributed by atoms with van der Waals surface area (Å²) in [4.78, 5) is 126. The number of benzene rings is 4. The van der Waals surface area contributed by atoms with Crippen LogP contribution in [0.1, 0.15) is 133 Å². The zero-order valence-corrected chi connectivity index (χ0v) is 61.1. The Morgan fingerprint density at radius 2 is 0.780 bits per heavy atom. The second-order valence-corrected chi connectivity index (χ2v) is 29.8. The first-order valence-electron chi connectivity index (χ1n) is 34.3. The zero-order chi connectivity index (χ0) is 74.0. The average molecular weight is 1390 g/mol. The normalized spacial score (nSPS) is 18.2.